The van der Waals surface area contributed by atoms with Gasteiger partial charge in [0.05, 0.1) is 0 Å². The van der Waals surface area contributed by atoms with E-state index in [0.29, 0.717) is 12.0 Å². The van der Waals surface area contributed by atoms with Gasteiger partial charge in [-0.25, -0.2) is 9.97 Å². The molecule has 1 fully saturated rings. The predicted molar refractivity (Wildman–Crippen MR) is 80.0 cm³/mol. The first-order chi connectivity index (χ1) is 10.7. The van der Waals surface area contributed by atoms with Crippen molar-refractivity contribution >= 4 is 5.95 Å². The van der Waals surface area contributed by atoms with Crippen LogP contribution in [0.1, 0.15) is 25.7 Å². The molecule has 6 heteroatoms. The second-order valence-corrected chi connectivity index (χ2v) is 5.32. The zero-order chi connectivity index (χ0) is 15.4. The summed E-state index contributed by atoms with van der Waals surface area (Å²) in [6, 6.07) is 6.90. The summed E-state index contributed by atoms with van der Waals surface area (Å²) < 4.78 is 28.5. The fourth-order valence-corrected chi connectivity index (χ4v) is 2.63. The summed E-state index contributed by atoms with van der Waals surface area (Å²) in [6.45, 7) is -2.81. The van der Waals surface area contributed by atoms with Gasteiger partial charge >= 0.3 is 6.61 Å². The first-order valence-corrected chi connectivity index (χ1v) is 7.34. The Bertz CT molecular complexity index is 596. The van der Waals surface area contributed by atoms with Crippen LogP contribution in [0.2, 0.25) is 0 Å². The van der Waals surface area contributed by atoms with E-state index in [2.05, 4.69) is 20.0 Å². The van der Waals surface area contributed by atoms with Gasteiger partial charge in [-0.2, -0.15) is 8.78 Å². The normalized spacial score (nSPS) is 15.2. The molecule has 116 valence electrons. The maximum Gasteiger partial charge on any atom is 0.387 e. The van der Waals surface area contributed by atoms with Crippen LogP contribution in [0.3, 0.4) is 0 Å². The van der Waals surface area contributed by atoms with E-state index in [1.54, 1.807) is 24.5 Å². The van der Waals surface area contributed by atoms with Crippen LogP contribution >= 0.6 is 0 Å². The van der Waals surface area contributed by atoms with Crippen molar-refractivity contribution in [3.63, 3.8) is 0 Å². The van der Waals surface area contributed by atoms with Crippen LogP contribution in [0.4, 0.5) is 14.7 Å². The Labute approximate surface area is 127 Å². The van der Waals surface area contributed by atoms with E-state index >= 15 is 0 Å². The number of rotatable bonds is 5. The van der Waals surface area contributed by atoms with Gasteiger partial charge in [0.15, 0.2) is 0 Å². The van der Waals surface area contributed by atoms with Gasteiger partial charge in [-0.3, -0.25) is 0 Å². The van der Waals surface area contributed by atoms with E-state index in [1.807, 2.05) is 0 Å². The van der Waals surface area contributed by atoms with Crippen LogP contribution in [0.5, 0.6) is 5.75 Å². The number of nitrogens with one attached hydrogen (secondary N) is 1. The Morgan fingerprint density at radius 2 is 1.64 bits per heavy atom. The number of aromatic nitrogens is 2. The first kappa shape index (κ1) is 14.7. The van der Waals surface area contributed by atoms with E-state index in [4.69, 9.17) is 0 Å². The lowest BCUT2D eigenvalue weighted by Crippen LogP contribution is -2.16. The Kier molecular flexibility index (Phi) is 4.46. The highest BCUT2D eigenvalue weighted by Crippen LogP contribution is 2.24. The first-order valence-electron chi connectivity index (χ1n) is 7.34. The molecule has 1 saturated carbocycles. The maximum absolute atomic E-state index is 12.1. The number of ether oxygens (including phenoxy) is 1. The lowest BCUT2D eigenvalue weighted by Gasteiger charge is -2.11. The quantitative estimate of drug-likeness (QED) is 0.903. The summed E-state index contributed by atoms with van der Waals surface area (Å²) >= 11 is 0. The molecule has 0 radical (unpaired) electrons. The molecular formula is C16H17F2N3O. The van der Waals surface area contributed by atoms with Crippen molar-refractivity contribution in [1.29, 1.82) is 0 Å². The van der Waals surface area contributed by atoms with E-state index in [0.717, 1.165) is 24.0 Å². The van der Waals surface area contributed by atoms with Crippen molar-refractivity contribution in [1.82, 2.24) is 9.97 Å². The second-order valence-electron chi connectivity index (χ2n) is 5.32. The number of benzene rings is 1. The van der Waals surface area contributed by atoms with Gasteiger partial charge in [0, 0.05) is 24.0 Å². The summed E-state index contributed by atoms with van der Waals surface area (Å²) in [5.74, 6) is 0.771. The van der Waals surface area contributed by atoms with Crippen LogP contribution in [0.15, 0.2) is 36.7 Å². The summed E-state index contributed by atoms with van der Waals surface area (Å²) in [5.41, 5.74) is 1.69. The molecular weight excluding hydrogens is 288 g/mol. The van der Waals surface area contributed by atoms with Crippen LogP contribution in [-0.4, -0.2) is 22.6 Å². The minimum Gasteiger partial charge on any atom is -0.435 e. The molecule has 22 heavy (non-hydrogen) atoms. The van der Waals surface area contributed by atoms with Crippen LogP contribution in [0.25, 0.3) is 11.1 Å². The average molecular weight is 305 g/mol. The number of halogens is 2. The van der Waals surface area contributed by atoms with Gasteiger partial charge in [-0.1, -0.05) is 25.0 Å². The van der Waals surface area contributed by atoms with Gasteiger partial charge in [0.2, 0.25) is 5.95 Å². The predicted octanol–water partition coefficient (Wildman–Crippen LogP) is 4.10. The van der Waals surface area contributed by atoms with Crippen molar-refractivity contribution in [2.75, 3.05) is 5.32 Å². The van der Waals surface area contributed by atoms with Gasteiger partial charge in [0.1, 0.15) is 5.75 Å². The summed E-state index contributed by atoms with van der Waals surface area (Å²) in [5, 5.41) is 3.32. The highest BCUT2D eigenvalue weighted by Gasteiger charge is 2.15. The molecule has 0 atom stereocenters. The smallest absolute Gasteiger partial charge is 0.387 e. The van der Waals surface area contributed by atoms with E-state index in [9.17, 15) is 8.78 Å². The van der Waals surface area contributed by atoms with Crippen molar-refractivity contribution < 1.29 is 13.5 Å². The SMILES string of the molecule is FC(F)Oc1ccc(-c2cnc(NC3CCCC3)nc2)cc1. The molecule has 4 nitrogen and oxygen atoms in total. The van der Waals surface area contributed by atoms with Gasteiger partial charge in [0.25, 0.3) is 0 Å². The maximum atomic E-state index is 12.1. The Hall–Kier alpha value is -2.24. The molecule has 1 aliphatic rings. The molecule has 0 spiro atoms. The molecule has 1 aliphatic carbocycles. The number of hydrogen-bond acceptors (Lipinski definition) is 4. The topological polar surface area (TPSA) is 47.0 Å². The van der Waals surface area contributed by atoms with Crippen molar-refractivity contribution in [3.05, 3.63) is 36.7 Å². The van der Waals surface area contributed by atoms with Gasteiger partial charge in [-0.15, -0.1) is 0 Å². The Morgan fingerprint density at radius 1 is 1.00 bits per heavy atom. The zero-order valence-electron chi connectivity index (χ0n) is 12.0. The molecule has 2 aromatic rings. The Balaban J connectivity index is 1.66. The van der Waals surface area contributed by atoms with Crippen molar-refractivity contribution in [2.45, 2.75) is 38.3 Å². The van der Waals surface area contributed by atoms with Gasteiger partial charge < -0.3 is 10.1 Å². The largest absolute Gasteiger partial charge is 0.435 e. The molecule has 0 unspecified atom stereocenters. The number of hydrogen-bond donors (Lipinski definition) is 1. The molecule has 1 heterocycles. The molecule has 0 aliphatic heterocycles. The van der Waals surface area contributed by atoms with Gasteiger partial charge in [-0.05, 0) is 30.5 Å². The highest BCUT2D eigenvalue weighted by molar-refractivity contribution is 5.62. The molecule has 1 aromatic carbocycles. The molecule has 1 N–H and O–H groups in total. The number of nitrogens with zero attached hydrogens (tertiary/aromatic N) is 2. The third-order valence-corrected chi connectivity index (χ3v) is 3.75. The van der Waals surface area contributed by atoms with Crippen LogP contribution < -0.4 is 10.1 Å². The standard InChI is InChI=1S/C16H17F2N3O/c17-15(18)22-14-7-5-11(6-8-14)12-9-19-16(20-10-12)21-13-3-1-2-4-13/h5-10,13,15H,1-4H2,(H,19,20,21). The third kappa shape index (κ3) is 3.69. The van der Waals surface area contributed by atoms with Crippen molar-refractivity contribution in [2.24, 2.45) is 0 Å². The summed E-state index contributed by atoms with van der Waals surface area (Å²) in [6.07, 6.45) is 8.29. The fraction of sp³-hybridized carbons (Fsp3) is 0.375. The molecule has 0 bridgehead atoms. The zero-order valence-corrected chi connectivity index (χ0v) is 12.0. The number of alkyl halides is 2. The van der Waals surface area contributed by atoms with E-state index in [-0.39, 0.29) is 5.75 Å². The fourth-order valence-electron chi connectivity index (χ4n) is 2.63. The molecule has 0 amide bonds. The van der Waals surface area contributed by atoms with Crippen molar-refractivity contribution in [3.8, 4) is 16.9 Å². The summed E-state index contributed by atoms with van der Waals surface area (Å²) in [7, 11) is 0. The minimum atomic E-state index is -2.81. The van der Waals surface area contributed by atoms with Crippen LogP contribution in [0, 0.1) is 0 Å². The minimum absolute atomic E-state index is 0.138. The monoisotopic (exact) mass is 305 g/mol. The summed E-state index contributed by atoms with van der Waals surface area (Å²) in [4.78, 5) is 8.63. The molecule has 0 saturated heterocycles. The van der Waals surface area contributed by atoms with E-state index in [1.165, 1.54) is 25.0 Å². The second kappa shape index (κ2) is 6.68. The molecule has 1 aromatic heterocycles. The Morgan fingerprint density at radius 3 is 2.23 bits per heavy atom. The van der Waals surface area contributed by atoms with Crippen LogP contribution in [-0.2, 0) is 0 Å². The van der Waals surface area contributed by atoms with E-state index < -0.39 is 6.61 Å². The third-order valence-electron chi connectivity index (χ3n) is 3.75. The highest BCUT2D eigenvalue weighted by atomic mass is 19.3. The number of anilines is 1. The lowest BCUT2D eigenvalue weighted by molar-refractivity contribution is -0.0498. The lowest BCUT2D eigenvalue weighted by atomic mass is 10.1. The molecule has 3 rings (SSSR count). The average Bonchev–Trinajstić information content (AvgIpc) is 3.01.